The van der Waals surface area contributed by atoms with Crippen LogP contribution in [-0.2, 0) is 6.61 Å². The maximum atomic E-state index is 13.7. The summed E-state index contributed by atoms with van der Waals surface area (Å²) in [5, 5.41) is 19.8. The molecule has 0 amide bonds. The summed E-state index contributed by atoms with van der Waals surface area (Å²) in [5.41, 5.74) is 0.170. The zero-order valence-corrected chi connectivity index (χ0v) is 10.9. The molecule has 0 aliphatic carbocycles. The summed E-state index contributed by atoms with van der Waals surface area (Å²) >= 11 is 0.764. The van der Waals surface area contributed by atoms with E-state index in [1.807, 2.05) is 0 Å². The standard InChI is InChI=1S/C13H9F2NO3S/c14-10-5-6-11(16(18)19)13(12(10)15)20-9-3-1-8(7-17)2-4-9/h1-6,17H,7H2. The van der Waals surface area contributed by atoms with E-state index < -0.39 is 22.2 Å². The summed E-state index contributed by atoms with van der Waals surface area (Å²) in [6.45, 7) is -0.139. The summed E-state index contributed by atoms with van der Waals surface area (Å²) in [5.74, 6) is -2.37. The Labute approximate surface area is 117 Å². The first-order valence-corrected chi connectivity index (χ1v) is 6.34. The van der Waals surface area contributed by atoms with Crippen molar-refractivity contribution < 1.29 is 18.8 Å². The van der Waals surface area contributed by atoms with Gasteiger partial charge in [-0.1, -0.05) is 23.9 Å². The van der Waals surface area contributed by atoms with E-state index in [9.17, 15) is 18.9 Å². The van der Waals surface area contributed by atoms with Crippen molar-refractivity contribution in [3.63, 3.8) is 0 Å². The zero-order valence-electron chi connectivity index (χ0n) is 10.0. The maximum absolute atomic E-state index is 13.7. The molecule has 7 heteroatoms. The number of aliphatic hydroxyl groups excluding tert-OH is 1. The second kappa shape index (κ2) is 5.98. The molecule has 0 bridgehead atoms. The van der Waals surface area contributed by atoms with Crippen molar-refractivity contribution >= 4 is 17.4 Å². The fourth-order valence-electron chi connectivity index (χ4n) is 1.54. The smallest absolute Gasteiger partial charge is 0.286 e. The molecule has 1 N–H and O–H groups in total. The highest BCUT2D eigenvalue weighted by atomic mass is 32.2. The number of hydrogen-bond donors (Lipinski definition) is 1. The van der Waals surface area contributed by atoms with Crippen LogP contribution in [0.1, 0.15) is 5.56 Å². The lowest BCUT2D eigenvalue weighted by Gasteiger charge is -2.05. The largest absolute Gasteiger partial charge is 0.392 e. The van der Waals surface area contributed by atoms with E-state index in [0.29, 0.717) is 10.5 Å². The molecule has 2 rings (SSSR count). The molecule has 0 saturated carbocycles. The molecule has 0 heterocycles. The number of nitro benzene ring substituents is 1. The summed E-state index contributed by atoms with van der Waals surface area (Å²) in [6.07, 6.45) is 0. The van der Waals surface area contributed by atoms with Crippen LogP contribution >= 0.6 is 11.8 Å². The Balaban J connectivity index is 2.40. The van der Waals surface area contributed by atoms with Crippen molar-refractivity contribution in [1.29, 1.82) is 0 Å². The van der Waals surface area contributed by atoms with Gasteiger partial charge in [-0.2, -0.15) is 0 Å². The van der Waals surface area contributed by atoms with E-state index in [1.165, 1.54) is 0 Å². The third-order valence-corrected chi connectivity index (χ3v) is 3.65. The van der Waals surface area contributed by atoms with Gasteiger partial charge in [-0.05, 0) is 23.8 Å². The topological polar surface area (TPSA) is 63.4 Å². The lowest BCUT2D eigenvalue weighted by atomic mass is 10.2. The van der Waals surface area contributed by atoms with Gasteiger partial charge in [0.15, 0.2) is 11.6 Å². The lowest BCUT2D eigenvalue weighted by molar-refractivity contribution is -0.388. The van der Waals surface area contributed by atoms with Gasteiger partial charge in [0.2, 0.25) is 0 Å². The first kappa shape index (κ1) is 14.4. The Bertz CT molecular complexity index is 647. The maximum Gasteiger partial charge on any atom is 0.286 e. The van der Waals surface area contributed by atoms with E-state index in [2.05, 4.69) is 0 Å². The van der Waals surface area contributed by atoms with Crippen LogP contribution in [0.25, 0.3) is 0 Å². The molecule has 0 aliphatic heterocycles. The Kier molecular flexibility index (Phi) is 4.31. The summed E-state index contributed by atoms with van der Waals surface area (Å²) in [4.78, 5) is 10.2. The highest BCUT2D eigenvalue weighted by molar-refractivity contribution is 7.99. The van der Waals surface area contributed by atoms with Gasteiger partial charge in [-0.3, -0.25) is 10.1 Å². The van der Waals surface area contributed by atoms with Crippen LogP contribution in [0.2, 0.25) is 0 Å². The molecule has 0 radical (unpaired) electrons. The van der Waals surface area contributed by atoms with Crippen molar-refractivity contribution in [3.05, 3.63) is 63.7 Å². The van der Waals surface area contributed by atoms with Crippen molar-refractivity contribution in [2.24, 2.45) is 0 Å². The normalized spacial score (nSPS) is 10.6. The van der Waals surface area contributed by atoms with Gasteiger partial charge in [0.1, 0.15) is 4.90 Å². The van der Waals surface area contributed by atoms with Crippen LogP contribution in [0.15, 0.2) is 46.2 Å². The van der Waals surface area contributed by atoms with Gasteiger partial charge >= 0.3 is 0 Å². The minimum absolute atomic E-state index is 0.139. The number of hydrogen-bond acceptors (Lipinski definition) is 4. The molecule has 0 unspecified atom stereocenters. The molecule has 0 aromatic heterocycles. The second-order valence-electron chi connectivity index (χ2n) is 3.87. The van der Waals surface area contributed by atoms with Gasteiger partial charge in [-0.25, -0.2) is 8.78 Å². The molecule has 4 nitrogen and oxygen atoms in total. The predicted molar refractivity (Wildman–Crippen MR) is 69.5 cm³/mol. The molecule has 0 fully saturated rings. The number of rotatable bonds is 4. The van der Waals surface area contributed by atoms with Crippen LogP contribution in [-0.4, -0.2) is 10.0 Å². The molecular formula is C13H9F2NO3S. The molecule has 2 aromatic rings. The van der Waals surface area contributed by atoms with Gasteiger partial charge in [-0.15, -0.1) is 0 Å². The zero-order chi connectivity index (χ0) is 14.7. The number of nitro groups is 1. The minimum atomic E-state index is -1.24. The van der Waals surface area contributed by atoms with E-state index >= 15 is 0 Å². The molecule has 20 heavy (non-hydrogen) atoms. The summed E-state index contributed by atoms with van der Waals surface area (Å²) < 4.78 is 26.9. The molecule has 2 aromatic carbocycles. The molecule has 0 atom stereocenters. The number of aliphatic hydroxyl groups is 1. The van der Waals surface area contributed by atoms with Crippen molar-refractivity contribution in [3.8, 4) is 0 Å². The van der Waals surface area contributed by atoms with E-state index in [0.717, 1.165) is 23.9 Å². The average Bonchev–Trinajstić information content (AvgIpc) is 2.44. The Morgan fingerprint density at radius 1 is 1.15 bits per heavy atom. The van der Waals surface area contributed by atoms with Crippen LogP contribution in [0.4, 0.5) is 14.5 Å². The number of nitrogens with zero attached hydrogens (tertiary/aromatic N) is 1. The van der Waals surface area contributed by atoms with Gasteiger partial charge < -0.3 is 5.11 Å². The van der Waals surface area contributed by atoms with Crippen molar-refractivity contribution in [2.75, 3.05) is 0 Å². The van der Waals surface area contributed by atoms with E-state index in [4.69, 9.17) is 5.11 Å². The van der Waals surface area contributed by atoms with E-state index in [-0.39, 0.29) is 11.5 Å². The SMILES string of the molecule is O=[N+]([O-])c1ccc(F)c(F)c1Sc1ccc(CO)cc1. The quantitative estimate of drug-likeness (QED) is 0.693. The Hall–Kier alpha value is -1.99. The predicted octanol–water partition coefficient (Wildman–Crippen LogP) is 3.52. The molecule has 0 spiro atoms. The third-order valence-electron chi connectivity index (χ3n) is 2.55. The van der Waals surface area contributed by atoms with Gasteiger partial charge in [0.25, 0.3) is 5.69 Å². The van der Waals surface area contributed by atoms with Crippen molar-refractivity contribution in [2.45, 2.75) is 16.4 Å². The number of benzene rings is 2. The Morgan fingerprint density at radius 3 is 2.35 bits per heavy atom. The third kappa shape index (κ3) is 2.94. The first-order chi connectivity index (χ1) is 9.52. The van der Waals surface area contributed by atoms with Gasteiger partial charge in [0.05, 0.1) is 11.5 Å². The van der Waals surface area contributed by atoms with Crippen LogP contribution in [0.3, 0.4) is 0 Å². The highest BCUT2D eigenvalue weighted by Crippen LogP contribution is 2.37. The minimum Gasteiger partial charge on any atom is -0.392 e. The molecule has 0 aliphatic rings. The highest BCUT2D eigenvalue weighted by Gasteiger charge is 2.22. The van der Waals surface area contributed by atoms with Crippen molar-refractivity contribution in [1.82, 2.24) is 0 Å². The van der Waals surface area contributed by atoms with E-state index in [1.54, 1.807) is 24.3 Å². The molecule has 0 saturated heterocycles. The van der Waals surface area contributed by atoms with Gasteiger partial charge in [0, 0.05) is 11.0 Å². The van der Waals surface area contributed by atoms with Crippen LogP contribution in [0.5, 0.6) is 0 Å². The molecular weight excluding hydrogens is 288 g/mol. The molecule has 104 valence electrons. The second-order valence-corrected chi connectivity index (χ2v) is 4.95. The summed E-state index contributed by atoms with van der Waals surface area (Å²) in [7, 11) is 0. The van der Waals surface area contributed by atoms with Crippen LogP contribution < -0.4 is 0 Å². The fraction of sp³-hybridized carbons (Fsp3) is 0.0769. The fourth-order valence-corrected chi connectivity index (χ4v) is 2.49. The van der Waals surface area contributed by atoms with Crippen LogP contribution in [0, 0.1) is 21.7 Å². The Morgan fingerprint density at radius 2 is 1.80 bits per heavy atom. The monoisotopic (exact) mass is 297 g/mol. The number of halogens is 2. The lowest BCUT2D eigenvalue weighted by Crippen LogP contribution is -1.96. The first-order valence-electron chi connectivity index (χ1n) is 5.53. The summed E-state index contributed by atoms with van der Waals surface area (Å²) in [6, 6.07) is 8.01. The average molecular weight is 297 g/mol.